The standard InChI is InChI=1S/C21H19NO4/c1-3-19(21(25)26-2)22-20(24)18-12-10-16(11-13-18)5-4-15-6-8-17(14-23)9-7-15/h6-14,19H,3H2,1-2H3,(H,22,24)/t19-/m0/s1. The lowest BCUT2D eigenvalue weighted by Gasteiger charge is -2.14. The third-order valence-electron chi connectivity index (χ3n) is 3.74. The largest absolute Gasteiger partial charge is 0.467 e. The van der Waals surface area contributed by atoms with E-state index in [1.807, 2.05) is 0 Å². The minimum absolute atomic E-state index is 0.341. The fraction of sp³-hybridized carbons (Fsp3) is 0.190. The van der Waals surface area contributed by atoms with E-state index in [-0.39, 0.29) is 5.91 Å². The highest BCUT2D eigenvalue weighted by atomic mass is 16.5. The van der Waals surface area contributed by atoms with Crippen LogP contribution < -0.4 is 5.32 Å². The molecule has 0 radical (unpaired) electrons. The van der Waals surface area contributed by atoms with Crippen molar-refractivity contribution < 1.29 is 19.1 Å². The van der Waals surface area contributed by atoms with Gasteiger partial charge in [-0.05, 0) is 42.8 Å². The van der Waals surface area contributed by atoms with Crippen LogP contribution in [0.4, 0.5) is 0 Å². The van der Waals surface area contributed by atoms with Gasteiger partial charge in [0.05, 0.1) is 7.11 Å². The number of carbonyl (C=O) groups excluding carboxylic acids is 3. The molecule has 0 fully saturated rings. The molecule has 5 heteroatoms. The summed E-state index contributed by atoms with van der Waals surface area (Å²) in [6, 6.07) is 13.1. The maximum atomic E-state index is 12.2. The van der Waals surface area contributed by atoms with E-state index in [1.165, 1.54) is 7.11 Å². The Morgan fingerprint density at radius 3 is 2.04 bits per heavy atom. The summed E-state index contributed by atoms with van der Waals surface area (Å²) in [6.07, 6.45) is 1.23. The summed E-state index contributed by atoms with van der Waals surface area (Å²) in [5, 5.41) is 2.64. The summed E-state index contributed by atoms with van der Waals surface area (Å²) >= 11 is 0. The SMILES string of the molecule is CC[C@H](NC(=O)c1ccc(C#Cc2ccc(C=O)cc2)cc1)C(=O)OC. The number of hydrogen-bond donors (Lipinski definition) is 1. The van der Waals surface area contributed by atoms with Crippen LogP contribution >= 0.6 is 0 Å². The molecule has 0 bridgehead atoms. The Hall–Kier alpha value is -3.39. The summed E-state index contributed by atoms with van der Waals surface area (Å²) in [6.45, 7) is 1.79. The van der Waals surface area contributed by atoms with Gasteiger partial charge in [-0.2, -0.15) is 0 Å². The molecule has 0 saturated carbocycles. The van der Waals surface area contributed by atoms with Gasteiger partial charge in [-0.3, -0.25) is 9.59 Å². The molecule has 1 atom stereocenters. The fourth-order valence-corrected chi connectivity index (χ4v) is 2.21. The van der Waals surface area contributed by atoms with Crippen LogP contribution in [0.25, 0.3) is 0 Å². The van der Waals surface area contributed by atoms with Crippen molar-refractivity contribution in [3.63, 3.8) is 0 Å². The van der Waals surface area contributed by atoms with Gasteiger partial charge in [-0.15, -0.1) is 0 Å². The highest BCUT2D eigenvalue weighted by Crippen LogP contribution is 2.06. The van der Waals surface area contributed by atoms with Crippen LogP contribution in [0.1, 0.15) is 45.2 Å². The van der Waals surface area contributed by atoms with Gasteiger partial charge in [-0.25, -0.2) is 4.79 Å². The zero-order valence-corrected chi connectivity index (χ0v) is 14.6. The van der Waals surface area contributed by atoms with Crippen molar-refractivity contribution in [1.29, 1.82) is 0 Å². The van der Waals surface area contributed by atoms with Crippen LogP contribution in [0, 0.1) is 11.8 Å². The van der Waals surface area contributed by atoms with Gasteiger partial charge in [0.15, 0.2) is 0 Å². The topological polar surface area (TPSA) is 72.5 Å². The Labute approximate surface area is 152 Å². The first-order chi connectivity index (χ1) is 12.6. The number of hydrogen-bond acceptors (Lipinski definition) is 4. The second-order valence-corrected chi connectivity index (χ2v) is 5.52. The molecule has 0 saturated heterocycles. The first kappa shape index (κ1) is 18.9. The lowest BCUT2D eigenvalue weighted by Crippen LogP contribution is -2.41. The van der Waals surface area contributed by atoms with E-state index in [4.69, 9.17) is 0 Å². The third kappa shape index (κ3) is 5.05. The second-order valence-electron chi connectivity index (χ2n) is 5.52. The predicted octanol–water partition coefficient (Wildman–Crippen LogP) is 2.58. The zero-order valence-electron chi connectivity index (χ0n) is 14.6. The van der Waals surface area contributed by atoms with E-state index in [1.54, 1.807) is 55.5 Å². The van der Waals surface area contributed by atoms with E-state index in [0.717, 1.165) is 17.4 Å². The molecule has 0 aliphatic carbocycles. The van der Waals surface area contributed by atoms with Gasteiger partial charge < -0.3 is 10.1 Å². The molecule has 0 heterocycles. The third-order valence-corrected chi connectivity index (χ3v) is 3.74. The van der Waals surface area contributed by atoms with Crippen LogP contribution in [0.3, 0.4) is 0 Å². The number of aldehydes is 1. The molecule has 2 rings (SSSR count). The number of esters is 1. The van der Waals surface area contributed by atoms with Gasteiger partial charge in [0.1, 0.15) is 12.3 Å². The molecule has 2 aromatic rings. The van der Waals surface area contributed by atoms with Crippen LogP contribution in [-0.4, -0.2) is 31.3 Å². The van der Waals surface area contributed by atoms with Crippen molar-refractivity contribution in [3.8, 4) is 11.8 Å². The Bertz CT molecular complexity index is 842. The molecule has 2 aromatic carbocycles. The van der Waals surface area contributed by atoms with Crippen molar-refractivity contribution in [3.05, 3.63) is 70.8 Å². The van der Waals surface area contributed by atoms with Crippen LogP contribution in [-0.2, 0) is 9.53 Å². The average molecular weight is 349 g/mol. The molecule has 0 aromatic heterocycles. The van der Waals surface area contributed by atoms with Crippen molar-refractivity contribution in [1.82, 2.24) is 5.32 Å². The summed E-state index contributed by atoms with van der Waals surface area (Å²) in [5.74, 6) is 5.19. The molecular formula is C21H19NO4. The van der Waals surface area contributed by atoms with Crippen molar-refractivity contribution in [2.75, 3.05) is 7.11 Å². The maximum Gasteiger partial charge on any atom is 0.328 e. The van der Waals surface area contributed by atoms with Gasteiger partial charge in [0.2, 0.25) is 0 Å². The van der Waals surface area contributed by atoms with Gasteiger partial charge in [0.25, 0.3) is 5.91 Å². The highest BCUT2D eigenvalue weighted by molar-refractivity contribution is 5.96. The van der Waals surface area contributed by atoms with Crippen LogP contribution in [0.15, 0.2) is 48.5 Å². The van der Waals surface area contributed by atoms with Crippen LogP contribution in [0.5, 0.6) is 0 Å². The molecule has 0 aliphatic heterocycles. The molecule has 0 unspecified atom stereocenters. The van der Waals surface area contributed by atoms with Crippen molar-refractivity contribution in [2.24, 2.45) is 0 Å². The number of amides is 1. The number of rotatable bonds is 5. The molecule has 1 N–H and O–H groups in total. The van der Waals surface area contributed by atoms with Gasteiger partial charge in [-0.1, -0.05) is 30.9 Å². The zero-order chi connectivity index (χ0) is 18.9. The number of nitrogens with one attached hydrogen (secondary N) is 1. The lowest BCUT2D eigenvalue weighted by atomic mass is 10.1. The minimum atomic E-state index is -0.665. The number of carbonyl (C=O) groups is 3. The molecule has 1 amide bonds. The number of ether oxygens (including phenoxy) is 1. The summed E-state index contributed by atoms with van der Waals surface area (Å²) in [4.78, 5) is 34.4. The van der Waals surface area contributed by atoms with Gasteiger partial charge >= 0.3 is 5.97 Å². The van der Waals surface area contributed by atoms with Crippen LogP contribution in [0.2, 0.25) is 0 Å². The fourth-order valence-electron chi connectivity index (χ4n) is 2.21. The van der Waals surface area contributed by atoms with E-state index in [9.17, 15) is 14.4 Å². The number of benzene rings is 2. The Morgan fingerprint density at radius 1 is 1.04 bits per heavy atom. The summed E-state index contributed by atoms with van der Waals surface area (Å²) < 4.78 is 4.66. The Balaban J connectivity index is 2.05. The van der Waals surface area contributed by atoms with E-state index >= 15 is 0 Å². The predicted molar refractivity (Wildman–Crippen MR) is 97.8 cm³/mol. The molecular weight excluding hydrogens is 330 g/mol. The second kappa shape index (κ2) is 9.19. The summed E-state index contributed by atoms with van der Waals surface area (Å²) in [7, 11) is 1.29. The molecule has 0 aliphatic rings. The molecule has 26 heavy (non-hydrogen) atoms. The Kier molecular flexibility index (Phi) is 6.69. The Morgan fingerprint density at radius 2 is 1.58 bits per heavy atom. The monoisotopic (exact) mass is 349 g/mol. The first-order valence-corrected chi connectivity index (χ1v) is 8.13. The average Bonchev–Trinajstić information content (AvgIpc) is 2.70. The smallest absolute Gasteiger partial charge is 0.328 e. The van der Waals surface area contributed by atoms with E-state index in [2.05, 4.69) is 21.9 Å². The molecule has 0 spiro atoms. The number of methoxy groups -OCH3 is 1. The first-order valence-electron chi connectivity index (χ1n) is 8.13. The molecule has 5 nitrogen and oxygen atoms in total. The van der Waals surface area contributed by atoms with Crippen molar-refractivity contribution >= 4 is 18.2 Å². The van der Waals surface area contributed by atoms with Crippen molar-refractivity contribution in [2.45, 2.75) is 19.4 Å². The highest BCUT2D eigenvalue weighted by Gasteiger charge is 2.19. The molecule has 132 valence electrons. The van der Waals surface area contributed by atoms with E-state index in [0.29, 0.717) is 17.5 Å². The van der Waals surface area contributed by atoms with Gasteiger partial charge in [0, 0.05) is 22.3 Å². The normalized spacial score (nSPS) is 10.8. The minimum Gasteiger partial charge on any atom is -0.467 e. The quantitative estimate of drug-likeness (QED) is 0.512. The maximum absolute atomic E-state index is 12.2. The lowest BCUT2D eigenvalue weighted by molar-refractivity contribution is -0.142. The summed E-state index contributed by atoms with van der Waals surface area (Å²) in [5.41, 5.74) is 2.58. The van der Waals surface area contributed by atoms with E-state index < -0.39 is 12.0 Å².